The molecule has 112 valence electrons. The van der Waals surface area contributed by atoms with Crippen molar-refractivity contribution in [1.82, 2.24) is 0 Å². The van der Waals surface area contributed by atoms with E-state index in [-0.39, 0.29) is 6.10 Å². The van der Waals surface area contributed by atoms with E-state index in [0.29, 0.717) is 11.8 Å². The maximum absolute atomic E-state index is 6.03. The van der Waals surface area contributed by atoms with Crippen LogP contribution in [0.15, 0.2) is 24.3 Å². The largest absolute Gasteiger partial charge is 0.491 e. The zero-order valence-corrected chi connectivity index (χ0v) is 13.1. The van der Waals surface area contributed by atoms with E-state index in [9.17, 15) is 0 Å². The summed E-state index contributed by atoms with van der Waals surface area (Å²) in [5, 5.41) is 0. The molecule has 1 aliphatic rings. The normalized spacial score (nSPS) is 26.8. The Hall–Kier alpha value is -1.02. The lowest BCUT2D eigenvalue weighted by molar-refractivity contribution is 0.213. The van der Waals surface area contributed by atoms with Gasteiger partial charge in [0, 0.05) is 0 Å². The van der Waals surface area contributed by atoms with Crippen LogP contribution in [0.25, 0.3) is 0 Å². The Labute approximate surface area is 123 Å². The fourth-order valence-corrected chi connectivity index (χ4v) is 3.50. The Bertz CT molecular complexity index is 416. The number of nitrogens with two attached hydrogens (primary N) is 1. The van der Waals surface area contributed by atoms with Gasteiger partial charge >= 0.3 is 0 Å². The van der Waals surface area contributed by atoms with E-state index < -0.39 is 0 Å². The second kappa shape index (κ2) is 7.12. The first-order valence-corrected chi connectivity index (χ1v) is 8.11. The molecule has 0 aliphatic heterocycles. The summed E-state index contributed by atoms with van der Waals surface area (Å²) in [4.78, 5) is 0. The SMILES string of the molecule is CCC1CCC(CN)C(c2ccccc2OC(C)C)C1. The molecule has 2 nitrogen and oxygen atoms in total. The van der Waals surface area contributed by atoms with Crippen molar-refractivity contribution in [3.63, 3.8) is 0 Å². The third kappa shape index (κ3) is 3.54. The first-order chi connectivity index (χ1) is 9.65. The van der Waals surface area contributed by atoms with Crippen molar-refractivity contribution < 1.29 is 4.74 Å². The second-order valence-corrected chi connectivity index (χ2v) is 6.39. The van der Waals surface area contributed by atoms with E-state index in [1.807, 2.05) is 0 Å². The van der Waals surface area contributed by atoms with E-state index >= 15 is 0 Å². The number of hydrogen-bond donors (Lipinski definition) is 1. The Morgan fingerprint density at radius 3 is 2.65 bits per heavy atom. The van der Waals surface area contributed by atoms with Crippen LogP contribution in [0.4, 0.5) is 0 Å². The van der Waals surface area contributed by atoms with E-state index in [4.69, 9.17) is 10.5 Å². The van der Waals surface area contributed by atoms with Gasteiger partial charge in [0.05, 0.1) is 6.10 Å². The van der Waals surface area contributed by atoms with Gasteiger partial charge in [0.25, 0.3) is 0 Å². The van der Waals surface area contributed by atoms with Crippen LogP contribution in [0.1, 0.15) is 57.9 Å². The molecule has 0 aromatic heterocycles. The third-order valence-corrected chi connectivity index (χ3v) is 4.66. The molecule has 1 saturated carbocycles. The van der Waals surface area contributed by atoms with E-state index in [2.05, 4.69) is 45.0 Å². The number of para-hydroxylation sites is 1. The molecule has 0 amide bonds. The van der Waals surface area contributed by atoms with Crippen molar-refractivity contribution in [1.29, 1.82) is 0 Å². The predicted molar refractivity (Wildman–Crippen MR) is 85.1 cm³/mol. The third-order valence-electron chi connectivity index (χ3n) is 4.66. The molecule has 0 spiro atoms. The smallest absolute Gasteiger partial charge is 0.123 e. The highest BCUT2D eigenvalue weighted by molar-refractivity contribution is 5.37. The van der Waals surface area contributed by atoms with Gasteiger partial charge in [-0.1, -0.05) is 38.0 Å². The minimum atomic E-state index is 0.220. The fourth-order valence-electron chi connectivity index (χ4n) is 3.50. The Balaban J connectivity index is 2.26. The van der Waals surface area contributed by atoms with Crippen LogP contribution in [0, 0.1) is 11.8 Å². The average molecular weight is 275 g/mol. The van der Waals surface area contributed by atoms with Gasteiger partial charge in [-0.15, -0.1) is 0 Å². The highest BCUT2D eigenvalue weighted by Crippen LogP contribution is 2.44. The predicted octanol–water partition coefficient (Wildman–Crippen LogP) is 4.34. The van der Waals surface area contributed by atoms with Crippen molar-refractivity contribution in [3.8, 4) is 5.75 Å². The summed E-state index contributed by atoms with van der Waals surface area (Å²) in [5.41, 5.74) is 7.40. The lowest BCUT2D eigenvalue weighted by Gasteiger charge is -2.36. The lowest BCUT2D eigenvalue weighted by Crippen LogP contribution is -2.29. The minimum Gasteiger partial charge on any atom is -0.491 e. The summed E-state index contributed by atoms with van der Waals surface area (Å²) < 4.78 is 6.02. The van der Waals surface area contributed by atoms with Crippen LogP contribution in [-0.2, 0) is 0 Å². The fraction of sp³-hybridized carbons (Fsp3) is 0.667. The molecule has 2 heteroatoms. The van der Waals surface area contributed by atoms with Crippen molar-refractivity contribution >= 4 is 0 Å². The first-order valence-electron chi connectivity index (χ1n) is 8.11. The number of hydrogen-bond acceptors (Lipinski definition) is 2. The molecule has 0 saturated heterocycles. The Kier molecular flexibility index (Phi) is 5.47. The summed E-state index contributed by atoms with van der Waals surface area (Å²) in [6.07, 6.45) is 5.35. The maximum atomic E-state index is 6.03. The molecular weight excluding hydrogens is 246 g/mol. The van der Waals surface area contributed by atoms with E-state index in [0.717, 1.165) is 18.2 Å². The highest BCUT2D eigenvalue weighted by atomic mass is 16.5. The minimum absolute atomic E-state index is 0.220. The maximum Gasteiger partial charge on any atom is 0.123 e. The van der Waals surface area contributed by atoms with Gasteiger partial charge in [0.15, 0.2) is 0 Å². The molecule has 20 heavy (non-hydrogen) atoms. The Morgan fingerprint density at radius 1 is 1.25 bits per heavy atom. The van der Waals surface area contributed by atoms with Crippen molar-refractivity contribution in [2.75, 3.05) is 6.54 Å². The van der Waals surface area contributed by atoms with Gasteiger partial charge in [-0.25, -0.2) is 0 Å². The number of ether oxygens (including phenoxy) is 1. The van der Waals surface area contributed by atoms with Crippen LogP contribution < -0.4 is 10.5 Å². The van der Waals surface area contributed by atoms with E-state index in [1.165, 1.54) is 31.2 Å². The molecule has 1 aromatic carbocycles. The summed E-state index contributed by atoms with van der Waals surface area (Å²) in [6.45, 7) is 7.28. The van der Waals surface area contributed by atoms with Crippen molar-refractivity contribution in [2.24, 2.45) is 17.6 Å². The van der Waals surface area contributed by atoms with Crippen LogP contribution in [-0.4, -0.2) is 12.6 Å². The van der Waals surface area contributed by atoms with Gasteiger partial charge in [0.2, 0.25) is 0 Å². The molecule has 2 N–H and O–H groups in total. The molecule has 2 rings (SSSR count). The van der Waals surface area contributed by atoms with Gasteiger partial charge in [-0.05, 0) is 62.6 Å². The Morgan fingerprint density at radius 2 is 2.00 bits per heavy atom. The standard InChI is InChI=1S/C18H29NO/c1-4-14-9-10-15(12-19)17(11-14)16-7-5-6-8-18(16)20-13(2)3/h5-8,13-15,17H,4,9-12,19H2,1-3H3. The van der Waals surface area contributed by atoms with Gasteiger partial charge in [0.1, 0.15) is 5.75 Å². The summed E-state index contributed by atoms with van der Waals surface area (Å²) in [7, 11) is 0. The average Bonchev–Trinajstić information content (AvgIpc) is 2.46. The van der Waals surface area contributed by atoms with Crippen molar-refractivity contribution in [2.45, 2.75) is 58.5 Å². The lowest BCUT2D eigenvalue weighted by atomic mass is 9.70. The molecule has 0 heterocycles. The second-order valence-electron chi connectivity index (χ2n) is 6.39. The zero-order chi connectivity index (χ0) is 14.5. The molecule has 0 bridgehead atoms. The number of benzene rings is 1. The quantitative estimate of drug-likeness (QED) is 0.867. The molecule has 1 aliphatic carbocycles. The first kappa shape index (κ1) is 15.4. The molecule has 1 fully saturated rings. The monoisotopic (exact) mass is 275 g/mol. The van der Waals surface area contributed by atoms with Crippen LogP contribution >= 0.6 is 0 Å². The van der Waals surface area contributed by atoms with Gasteiger partial charge in [-0.2, -0.15) is 0 Å². The summed E-state index contributed by atoms with van der Waals surface area (Å²) >= 11 is 0. The summed E-state index contributed by atoms with van der Waals surface area (Å²) in [6, 6.07) is 8.55. The molecule has 0 radical (unpaired) electrons. The highest BCUT2D eigenvalue weighted by Gasteiger charge is 2.31. The van der Waals surface area contributed by atoms with E-state index in [1.54, 1.807) is 0 Å². The molecular formula is C18H29NO. The van der Waals surface area contributed by atoms with Crippen molar-refractivity contribution in [3.05, 3.63) is 29.8 Å². The number of rotatable bonds is 5. The zero-order valence-electron chi connectivity index (χ0n) is 13.1. The molecule has 1 aromatic rings. The van der Waals surface area contributed by atoms with Crippen LogP contribution in [0.3, 0.4) is 0 Å². The summed E-state index contributed by atoms with van der Waals surface area (Å²) in [5.74, 6) is 3.07. The van der Waals surface area contributed by atoms with Crippen LogP contribution in [0.2, 0.25) is 0 Å². The molecule has 3 atom stereocenters. The topological polar surface area (TPSA) is 35.2 Å². The van der Waals surface area contributed by atoms with Gasteiger partial charge in [-0.3, -0.25) is 0 Å². The van der Waals surface area contributed by atoms with Crippen LogP contribution in [0.5, 0.6) is 5.75 Å². The molecule has 3 unspecified atom stereocenters. The van der Waals surface area contributed by atoms with Gasteiger partial charge < -0.3 is 10.5 Å².